The summed E-state index contributed by atoms with van der Waals surface area (Å²) in [5, 5.41) is 5.53. The van der Waals surface area contributed by atoms with Crippen molar-refractivity contribution in [2.45, 2.75) is 40.5 Å². The first kappa shape index (κ1) is 15.4. The van der Waals surface area contributed by atoms with Gasteiger partial charge in [-0.1, -0.05) is 0 Å². The maximum atomic E-state index is 5.52. The normalized spacial score (nSPS) is 11.8. The van der Waals surface area contributed by atoms with Crippen LogP contribution in [-0.4, -0.2) is 35.4 Å². The molecule has 2 heterocycles. The van der Waals surface area contributed by atoms with E-state index < -0.39 is 0 Å². The van der Waals surface area contributed by atoms with E-state index in [1.165, 1.54) is 11.4 Å². The molecule has 5 nitrogen and oxygen atoms in total. The van der Waals surface area contributed by atoms with E-state index in [2.05, 4.69) is 33.9 Å². The Morgan fingerprint density at radius 2 is 2.00 bits per heavy atom. The summed E-state index contributed by atoms with van der Waals surface area (Å²) in [6.07, 6.45) is -0.183. The summed E-state index contributed by atoms with van der Waals surface area (Å²) in [5.74, 6) is 0. The number of aromatic nitrogens is 2. The lowest BCUT2D eigenvalue weighted by Gasteiger charge is -2.17. The molecule has 0 unspecified atom stereocenters. The largest absolute Gasteiger partial charge is 0.352 e. The summed E-state index contributed by atoms with van der Waals surface area (Å²) in [6.45, 7) is 10.9. The first-order valence-electron chi connectivity index (χ1n) is 7.03. The van der Waals surface area contributed by atoms with E-state index in [1.54, 1.807) is 11.3 Å². The van der Waals surface area contributed by atoms with Gasteiger partial charge in [0.25, 0.3) is 0 Å². The van der Waals surface area contributed by atoms with Crippen molar-refractivity contribution in [1.29, 1.82) is 0 Å². The highest BCUT2D eigenvalue weighted by molar-refractivity contribution is 7.15. The highest BCUT2D eigenvalue weighted by Gasteiger charge is 2.13. The van der Waals surface area contributed by atoms with E-state index in [0.717, 1.165) is 17.2 Å². The first-order chi connectivity index (χ1) is 9.67. The molecule has 0 aromatic carbocycles. The van der Waals surface area contributed by atoms with E-state index in [-0.39, 0.29) is 6.29 Å². The maximum Gasteiger partial charge on any atom is 0.194 e. The maximum absolute atomic E-state index is 5.52. The van der Waals surface area contributed by atoms with Gasteiger partial charge in [0.1, 0.15) is 0 Å². The number of rotatable bonds is 8. The van der Waals surface area contributed by atoms with Gasteiger partial charge in [0.05, 0.1) is 11.4 Å². The molecule has 20 heavy (non-hydrogen) atoms. The van der Waals surface area contributed by atoms with Gasteiger partial charge in [0, 0.05) is 37.4 Å². The minimum absolute atomic E-state index is 0.183. The van der Waals surface area contributed by atoms with E-state index in [4.69, 9.17) is 9.47 Å². The predicted molar refractivity (Wildman–Crippen MR) is 81.3 cm³/mol. The van der Waals surface area contributed by atoms with Crippen LogP contribution in [0.2, 0.25) is 0 Å². The molecule has 2 aromatic rings. The lowest BCUT2D eigenvalue weighted by molar-refractivity contribution is -0.133. The number of thiazole rings is 1. The molecule has 0 aliphatic carbocycles. The molecule has 0 amide bonds. The van der Waals surface area contributed by atoms with E-state index in [9.17, 15) is 0 Å². The second-order valence-electron chi connectivity index (χ2n) is 4.61. The standard InChI is InChI=1S/C14H23N3O2S/c1-5-18-13(19-6-2)8-15-7-12-11(4)16-14-17(12)10(3)9-20-14/h9,13,15H,5-8H2,1-4H3. The van der Waals surface area contributed by atoms with Gasteiger partial charge in [-0.05, 0) is 27.7 Å². The summed E-state index contributed by atoms with van der Waals surface area (Å²) in [4.78, 5) is 5.64. The molecule has 0 aliphatic rings. The van der Waals surface area contributed by atoms with Crippen LogP contribution in [0, 0.1) is 13.8 Å². The molecular weight excluding hydrogens is 274 g/mol. The monoisotopic (exact) mass is 297 g/mol. The highest BCUT2D eigenvalue weighted by Crippen LogP contribution is 2.20. The lowest BCUT2D eigenvalue weighted by Crippen LogP contribution is -2.31. The lowest BCUT2D eigenvalue weighted by atomic mass is 10.3. The van der Waals surface area contributed by atoms with Crippen LogP contribution in [0.15, 0.2) is 5.38 Å². The molecule has 0 atom stereocenters. The number of ether oxygens (including phenoxy) is 2. The molecule has 0 bridgehead atoms. The number of fused-ring (bicyclic) bond motifs is 1. The van der Waals surface area contributed by atoms with Crippen LogP contribution in [0.3, 0.4) is 0 Å². The molecule has 0 saturated carbocycles. The topological polar surface area (TPSA) is 47.8 Å². The van der Waals surface area contributed by atoms with Gasteiger partial charge in [0.2, 0.25) is 0 Å². The quantitative estimate of drug-likeness (QED) is 0.761. The summed E-state index contributed by atoms with van der Waals surface area (Å²) < 4.78 is 13.3. The zero-order valence-corrected chi connectivity index (χ0v) is 13.4. The van der Waals surface area contributed by atoms with Crippen LogP contribution in [0.4, 0.5) is 0 Å². The van der Waals surface area contributed by atoms with Gasteiger partial charge < -0.3 is 14.8 Å². The first-order valence-corrected chi connectivity index (χ1v) is 7.91. The van der Waals surface area contributed by atoms with Crippen LogP contribution in [0.25, 0.3) is 4.96 Å². The van der Waals surface area contributed by atoms with Crippen molar-refractivity contribution < 1.29 is 9.47 Å². The number of aryl methyl sites for hydroxylation is 2. The van der Waals surface area contributed by atoms with Gasteiger partial charge in [-0.15, -0.1) is 11.3 Å². The van der Waals surface area contributed by atoms with Gasteiger partial charge in [-0.3, -0.25) is 4.40 Å². The average molecular weight is 297 g/mol. The Morgan fingerprint density at radius 3 is 2.65 bits per heavy atom. The highest BCUT2D eigenvalue weighted by atomic mass is 32.1. The Labute approximate surface area is 123 Å². The predicted octanol–water partition coefficient (Wildman–Crippen LogP) is 2.50. The third-order valence-electron chi connectivity index (χ3n) is 3.14. The zero-order valence-electron chi connectivity index (χ0n) is 12.6. The van der Waals surface area contributed by atoms with Crippen molar-refractivity contribution in [3.63, 3.8) is 0 Å². The van der Waals surface area contributed by atoms with Crippen LogP contribution in [0.5, 0.6) is 0 Å². The molecule has 6 heteroatoms. The van der Waals surface area contributed by atoms with E-state index in [1.807, 2.05) is 13.8 Å². The molecule has 0 spiro atoms. The molecular formula is C14H23N3O2S. The van der Waals surface area contributed by atoms with Gasteiger partial charge in [-0.25, -0.2) is 4.98 Å². The zero-order chi connectivity index (χ0) is 14.5. The van der Waals surface area contributed by atoms with Gasteiger partial charge >= 0.3 is 0 Å². The van der Waals surface area contributed by atoms with Crippen molar-refractivity contribution in [3.8, 4) is 0 Å². The summed E-state index contributed by atoms with van der Waals surface area (Å²) in [5.41, 5.74) is 3.52. The molecule has 112 valence electrons. The Hall–Kier alpha value is -0.950. The van der Waals surface area contributed by atoms with E-state index in [0.29, 0.717) is 19.8 Å². The minimum Gasteiger partial charge on any atom is -0.352 e. The Bertz CT molecular complexity index is 544. The van der Waals surface area contributed by atoms with Crippen LogP contribution < -0.4 is 5.32 Å². The Kier molecular flexibility index (Phi) is 5.54. The van der Waals surface area contributed by atoms with Crippen LogP contribution in [-0.2, 0) is 16.0 Å². The minimum atomic E-state index is -0.183. The molecule has 0 saturated heterocycles. The summed E-state index contributed by atoms with van der Waals surface area (Å²) in [7, 11) is 0. The van der Waals surface area contributed by atoms with Gasteiger partial charge in [0.15, 0.2) is 11.3 Å². The fourth-order valence-electron chi connectivity index (χ4n) is 2.22. The fraction of sp³-hybridized carbons (Fsp3) is 0.643. The van der Waals surface area contributed by atoms with Crippen molar-refractivity contribution in [2.24, 2.45) is 0 Å². The second kappa shape index (κ2) is 7.17. The van der Waals surface area contributed by atoms with Crippen molar-refractivity contribution in [2.75, 3.05) is 19.8 Å². The molecule has 0 radical (unpaired) electrons. The molecule has 2 aromatic heterocycles. The second-order valence-corrected chi connectivity index (χ2v) is 5.45. The smallest absolute Gasteiger partial charge is 0.194 e. The van der Waals surface area contributed by atoms with Crippen LogP contribution >= 0.6 is 11.3 Å². The molecule has 1 N–H and O–H groups in total. The Morgan fingerprint density at radius 1 is 1.30 bits per heavy atom. The van der Waals surface area contributed by atoms with E-state index >= 15 is 0 Å². The average Bonchev–Trinajstić information content (AvgIpc) is 2.91. The number of hydrogen-bond donors (Lipinski definition) is 1. The third-order valence-corrected chi connectivity index (χ3v) is 4.08. The fourth-order valence-corrected chi connectivity index (χ4v) is 3.15. The van der Waals surface area contributed by atoms with Crippen molar-refractivity contribution in [1.82, 2.24) is 14.7 Å². The van der Waals surface area contributed by atoms with Crippen molar-refractivity contribution >= 4 is 16.3 Å². The van der Waals surface area contributed by atoms with Gasteiger partial charge in [-0.2, -0.15) is 0 Å². The number of nitrogens with zero attached hydrogens (tertiary/aromatic N) is 2. The summed E-state index contributed by atoms with van der Waals surface area (Å²) >= 11 is 1.68. The third kappa shape index (κ3) is 3.38. The van der Waals surface area contributed by atoms with Crippen molar-refractivity contribution in [3.05, 3.63) is 22.5 Å². The Balaban J connectivity index is 1.98. The van der Waals surface area contributed by atoms with Crippen LogP contribution in [0.1, 0.15) is 30.9 Å². The summed E-state index contributed by atoms with van der Waals surface area (Å²) in [6, 6.07) is 0. The number of hydrogen-bond acceptors (Lipinski definition) is 5. The number of imidazole rings is 1. The SMILES string of the molecule is CCOC(CNCc1c(C)nc2scc(C)n12)OCC. The number of nitrogens with one attached hydrogen (secondary N) is 1. The molecule has 0 fully saturated rings. The molecule has 0 aliphatic heterocycles. The molecule has 2 rings (SSSR count).